The maximum absolute atomic E-state index is 12.1. The smallest absolute Gasteiger partial charge is 0.258 e. The van der Waals surface area contributed by atoms with Gasteiger partial charge in [-0.3, -0.25) is 10.1 Å². The second-order valence-electron chi connectivity index (χ2n) is 4.38. The van der Waals surface area contributed by atoms with Gasteiger partial charge in [-0.1, -0.05) is 19.9 Å². The first kappa shape index (κ1) is 14.6. The zero-order valence-electron chi connectivity index (χ0n) is 11.9. The molecule has 1 N–H and O–H groups in total. The third kappa shape index (κ3) is 3.39. The summed E-state index contributed by atoms with van der Waals surface area (Å²) >= 11 is 0. The molecule has 106 valence electrons. The Morgan fingerprint density at radius 1 is 1.24 bits per heavy atom. The highest BCUT2D eigenvalue weighted by Crippen LogP contribution is 2.09. The average molecular weight is 281 g/mol. The van der Waals surface area contributed by atoms with Crippen molar-refractivity contribution in [2.45, 2.75) is 26.7 Å². The quantitative estimate of drug-likeness (QED) is 0.926. The van der Waals surface area contributed by atoms with Crippen molar-refractivity contribution >= 4 is 11.9 Å². The van der Waals surface area contributed by atoms with Gasteiger partial charge >= 0.3 is 0 Å². The number of hydrogen-bond donors (Lipinski definition) is 1. The molecule has 0 radical (unpaired) electrons. The van der Waals surface area contributed by atoms with Crippen molar-refractivity contribution < 1.29 is 4.79 Å². The van der Waals surface area contributed by atoms with Gasteiger partial charge in [0, 0.05) is 5.56 Å². The number of nitriles is 1. The van der Waals surface area contributed by atoms with Crippen LogP contribution >= 0.6 is 0 Å². The molecule has 0 bridgehead atoms. The summed E-state index contributed by atoms with van der Waals surface area (Å²) in [5.41, 5.74) is 2.48. The van der Waals surface area contributed by atoms with E-state index in [1.165, 1.54) is 6.07 Å². The number of nitrogens with one attached hydrogen (secondary N) is 1. The lowest BCUT2D eigenvalue weighted by Crippen LogP contribution is -2.16. The molecular formula is C15H15N5O. The molecule has 1 aromatic carbocycles. The molecule has 0 fully saturated rings. The van der Waals surface area contributed by atoms with Crippen LogP contribution in [0.3, 0.4) is 0 Å². The molecule has 2 rings (SSSR count). The van der Waals surface area contributed by atoms with Gasteiger partial charge in [0.25, 0.3) is 5.91 Å². The number of rotatable bonds is 4. The lowest BCUT2D eigenvalue weighted by molar-refractivity contribution is 0.102. The first-order chi connectivity index (χ1) is 10.2. The standard InChI is InChI=1S/C15H15N5O/c1-3-12-13(4-2)19-20-15(17-12)18-14(21)11-7-5-6-10(8-11)9-16/h5-8H,3-4H2,1-2H3,(H,17,18,20,21). The van der Waals surface area contributed by atoms with E-state index in [1.807, 2.05) is 19.9 Å². The molecule has 1 amide bonds. The molecule has 0 unspecified atom stereocenters. The van der Waals surface area contributed by atoms with E-state index >= 15 is 0 Å². The van der Waals surface area contributed by atoms with Gasteiger partial charge in [0.15, 0.2) is 0 Å². The van der Waals surface area contributed by atoms with Crippen LogP contribution in [0.2, 0.25) is 0 Å². The van der Waals surface area contributed by atoms with Gasteiger partial charge in [-0.05, 0) is 31.0 Å². The van der Waals surface area contributed by atoms with Crippen LogP contribution in [0.15, 0.2) is 24.3 Å². The molecule has 2 aromatic rings. The molecule has 1 heterocycles. The number of anilines is 1. The van der Waals surface area contributed by atoms with Crippen LogP contribution in [-0.4, -0.2) is 21.1 Å². The van der Waals surface area contributed by atoms with Gasteiger partial charge in [-0.25, -0.2) is 4.98 Å². The molecule has 0 saturated heterocycles. The van der Waals surface area contributed by atoms with Crippen LogP contribution in [0.1, 0.15) is 41.2 Å². The van der Waals surface area contributed by atoms with Gasteiger partial charge in [0.2, 0.25) is 5.95 Å². The predicted molar refractivity (Wildman–Crippen MR) is 77.7 cm³/mol. The van der Waals surface area contributed by atoms with Gasteiger partial charge in [0.1, 0.15) is 0 Å². The van der Waals surface area contributed by atoms with Crippen molar-refractivity contribution in [3.63, 3.8) is 0 Å². The summed E-state index contributed by atoms with van der Waals surface area (Å²) < 4.78 is 0. The Morgan fingerprint density at radius 3 is 2.67 bits per heavy atom. The molecule has 21 heavy (non-hydrogen) atoms. The van der Waals surface area contributed by atoms with E-state index in [-0.39, 0.29) is 11.9 Å². The van der Waals surface area contributed by atoms with Gasteiger partial charge in [0.05, 0.1) is 23.0 Å². The highest BCUT2D eigenvalue weighted by atomic mass is 16.1. The Balaban J connectivity index is 2.21. The van der Waals surface area contributed by atoms with Crippen molar-refractivity contribution in [1.82, 2.24) is 15.2 Å². The summed E-state index contributed by atoms with van der Waals surface area (Å²) in [6.45, 7) is 3.96. The van der Waals surface area contributed by atoms with E-state index in [4.69, 9.17) is 5.26 Å². The first-order valence-corrected chi connectivity index (χ1v) is 6.71. The number of carbonyl (C=O) groups is 1. The van der Waals surface area contributed by atoms with Crippen LogP contribution in [0.5, 0.6) is 0 Å². The van der Waals surface area contributed by atoms with E-state index in [9.17, 15) is 4.79 Å². The minimum absolute atomic E-state index is 0.177. The second kappa shape index (κ2) is 6.57. The second-order valence-corrected chi connectivity index (χ2v) is 4.38. The fraction of sp³-hybridized carbons (Fsp3) is 0.267. The maximum atomic E-state index is 12.1. The Morgan fingerprint density at radius 2 is 2.00 bits per heavy atom. The normalized spacial score (nSPS) is 9.95. The lowest BCUT2D eigenvalue weighted by atomic mass is 10.1. The Labute approximate surface area is 122 Å². The van der Waals surface area contributed by atoms with Crippen LogP contribution in [-0.2, 0) is 12.8 Å². The Hall–Kier alpha value is -2.81. The average Bonchev–Trinajstić information content (AvgIpc) is 2.54. The van der Waals surface area contributed by atoms with Crippen LogP contribution in [0.4, 0.5) is 5.95 Å². The lowest BCUT2D eigenvalue weighted by Gasteiger charge is -2.07. The van der Waals surface area contributed by atoms with Crippen molar-refractivity contribution in [3.05, 3.63) is 46.8 Å². The van der Waals surface area contributed by atoms with Gasteiger partial charge in [-0.15, -0.1) is 10.2 Å². The van der Waals surface area contributed by atoms with Crippen LogP contribution in [0.25, 0.3) is 0 Å². The van der Waals surface area contributed by atoms with Crippen molar-refractivity contribution in [1.29, 1.82) is 5.26 Å². The molecule has 0 saturated carbocycles. The van der Waals surface area contributed by atoms with Crippen molar-refractivity contribution in [2.24, 2.45) is 0 Å². The molecule has 0 aliphatic rings. The zero-order valence-corrected chi connectivity index (χ0v) is 11.9. The largest absolute Gasteiger partial charge is 0.289 e. The third-order valence-corrected chi connectivity index (χ3v) is 2.99. The molecule has 0 aliphatic heterocycles. The number of benzene rings is 1. The third-order valence-electron chi connectivity index (χ3n) is 2.99. The molecule has 1 aromatic heterocycles. The number of carbonyl (C=O) groups excluding carboxylic acids is 1. The number of hydrogen-bond acceptors (Lipinski definition) is 5. The summed E-state index contributed by atoms with van der Waals surface area (Å²) in [5.74, 6) is -0.184. The minimum atomic E-state index is -0.361. The first-order valence-electron chi connectivity index (χ1n) is 6.71. The van der Waals surface area contributed by atoms with Crippen molar-refractivity contribution in [2.75, 3.05) is 5.32 Å². The Kier molecular flexibility index (Phi) is 4.57. The van der Waals surface area contributed by atoms with E-state index < -0.39 is 0 Å². The van der Waals surface area contributed by atoms with E-state index in [0.717, 1.165) is 24.2 Å². The summed E-state index contributed by atoms with van der Waals surface area (Å²) in [7, 11) is 0. The maximum Gasteiger partial charge on any atom is 0.258 e. The molecule has 0 aliphatic carbocycles. The van der Waals surface area contributed by atoms with E-state index in [0.29, 0.717) is 11.1 Å². The molecule has 6 nitrogen and oxygen atoms in total. The number of aryl methyl sites for hydroxylation is 2. The topological polar surface area (TPSA) is 91.6 Å². The fourth-order valence-corrected chi connectivity index (χ4v) is 1.89. The van der Waals surface area contributed by atoms with Crippen LogP contribution < -0.4 is 5.32 Å². The van der Waals surface area contributed by atoms with Gasteiger partial charge in [-0.2, -0.15) is 5.26 Å². The summed E-state index contributed by atoms with van der Waals surface area (Å²) in [4.78, 5) is 16.4. The highest BCUT2D eigenvalue weighted by molar-refractivity contribution is 6.03. The number of nitrogens with zero attached hydrogens (tertiary/aromatic N) is 4. The van der Waals surface area contributed by atoms with Gasteiger partial charge < -0.3 is 0 Å². The zero-order chi connectivity index (χ0) is 15.2. The highest BCUT2D eigenvalue weighted by Gasteiger charge is 2.11. The minimum Gasteiger partial charge on any atom is -0.289 e. The summed E-state index contributed by atoms with van der Waals surface area (Å²) in [6, 6.07) is 8.44. The summed E-state index contributed by atoms with van der Waals surface area (Å²) in [5, 5.41) is 19.4. The molecule has 0 atom stereocenters. The number of aromatic nitrogens is 3. The van der Waals surface area contributed by atoms with E-state index in [2.05, 4.69) is 20.5 Å². The fourth-order valence-electron chi connectivity index (χ4n) is 1.89. The summed E-state index contributed by atoms with van der Waals surface area (Å²) in [6.07, 6.45) is 1.48. The molecule has 6 heteroatoms. The van der Waals surface area contributed by atoms with Crippen molar-refractivity contribution in [3.8, 4) is 6.07 Å². The number of amides is 1. The monoisotopic (exact) mass is 281 g/mol. The SMILES string of the molecule is CCc1nnc(NC(=O)c2cccc(C#N)c2)nc1CC. The molecule has 0 spiro atoms. The molecular weight excluding hydrogens is 266 g/mol. The van der Waals surface area contributed by atoms with Crippen LogP contribution in [0, 0.1) is 11.3 Å². The predicted octanol–water partition coefficient (Wildman–Crippen LogP) is 2.12. The van der Waals surface area contributed by atoms with E-state index in [1.54, 1.807) is 18.2 Å². The Bertz CT molecular complexity index is 705.